The fourth-order valence-corrected chi connectivity index (χ4v) is 3.28. The van der Waals surface area contributed by atoms with Crippen molar-refractivity contribution in [2.75, 3.05) is 16.4 Å². The Labute approximate surface area is 148 Å². The Hall–Kier alpha value is -1.69. The molecule has 0 heterocycles. The van der Waals surface area contributed by atoms with Gasteiger partial charge in [-0.05, 0) is 36.4 Å². The van der Waals surface area contributed by atoms with Gasteiger partial charge in [-0.3, -0.25) is 9.59 Å². The molecule has 2 rings (SSSR count). The van der Waals surface area contributed by atoms with Crippen LogP contribution in [0.25, 0.3) is 0 Å². The third kappa shape index (κ3) is 5.46. The first-order chi connectivity index (χ1) is 11.0. The first kappa shape index (κ1) is 17.7. The number of hydrogen-bond donors (Lipinski definition) is 2. The maximum absolute atomic E-state index is 12.0. The molecule has 0 spiro atoms. The van der Waals surface area contributed by atoms with Crippen molar-refractivity contribution in [3.63, 3.8) is 0 Å². The summed E-state index contributed by atoms with van der Waals surface area (Å²) in [6.45, 7) is 1.44. The van der Waals surface area contributed by atoms with Crippen LogP contribution in [0, 0.1) is 0 Å². The summed E-state index contributed by atoms with van der Waals surface area (Å²) in [7, 11) is 0. The molecule has 0 fully saturated rings. The SMILES string of the molecule is CC(=O)Nc1ccc(NC(=O)CSc2c(Cl)cccc2Cl)cc1. The van der Waals surface area contributed by atoms with Crippen LogP contribution in [-0.2, 0) is 9.59 Å². The van der Waals surface area contributed by atoms with Gasteiger partial charge in [0, 0.05) is 23.2 Å². The van der Waals surface area contributed by atoms with Gasteiger partial charge in [-0.15, -0.1) is 11.8 Å². The summed E-state index contributed by atoms with van der Waals surface area (Å²) < 4.78 is 0. The lowest BCUT2D eigenvalue weighted by Crippen LogP contribution is -2.14. The second-order valence-electron chi connectivity index (χ2n) is 4.65. The minimum atomic E-state index is -0.168. The Kier molecular flexibility index (Phi) is 6.33. The number of carbonyl (C=O) groups is 2. The molecule has 120 valence electrons. The Balaban J connectivity index is 1.91. The van der Waals surface area contributed by atoms with E-state index in [0.717, 1.165) is 0 Å². The van der Waals surface area contributed by atoms with Crippen LogP contribution in [0.2, 0.25) is 10.0 Å². The summed E-state index contributed by atoms with van der Waals surface area (Å²) in [4.78, 5) is 23.6. The number of benzene rings is 2. The van der Waals surface area contributed by atoms with Crippen molar-refractivity contribution < 1.29 is 9.59 Å². The highest BCUT2D eigenvalue weighted by molar-refractivity contribution is 8.00. The van der Waals surface area contributed by atoms with Crippen LogP contribution in [0.5, 0.6) is 0 Å². The number of carbonyl (C=O) groups excluding carboxylic acids is 2. The summed E-state index contributed by atoms with van der Waals surface area (Å²) in [6.07, 6.45) is 0. The Morgan fingerprint density at radius 1 is 0.957 bits per heavy atom. The normalized spacial score (nSPS) is 10.2. The highest BCUT2D eigenvalue weighted by atomic mass is 35.5. The van der Waals surface area contributed by atoms with Gasteiger partial charge in [0.25, 0.3) is 0 Å². The lowest BCUT2D eigenvalue weighted by atomic mass is 10.3. The number of anilines is 2. The van der Waals surface area contributed by atoms with Crippen LogP contribution in [0.3, 0.4) is 0 Å². The van der Waals surface area contributed by atoms with E-state index >= 15 is 0 Å². The van der Waals surface area contributed by atoms with Crippen LogP contribution in [0.1, 0.15) is 6.92 Å². The van der Waals surface area contributed by atoms with Crippen molar-refractivity contribution in [1.29, 1.82) is 0 Å². The molecule has 0 atom stereocenters. The summed E-state index contributed by atoms with van der Waals surface area (Å²) in [6, 6.07) is 12.1. The summed E-state index contributed by atoms with van der Waals surface area (Å²) in [5.41, 5.74) is 1.32. The predicted octanol–water partition coefficient (Wildman–Crippen LogP) is 4.68. The number of halogens is 2. The van der Waals surface area contributed by atoms with E-state index < -0.39 is 0 Å². The number of nitrogens with one attached hydrogen (secondary N) is 2. The lowest BCUT2D eigenvalue weighted by Gasteiger charge is -2.08. The minimum Gasteiger partial charge on any atom is -0.326 e. The molecule has 0 aromatic heterocycles. The largest absolute Gasteiger partial charge is 0.326 e. The van der Waals surface area contributed by atoms with Gasteiger partial charge in [-0.2, -0.15) is 0 Å². The first-order valence-corrected chi connectivity index (χ1v) is 8.44. The zero-order valence-electron chi connectivity index (χ0n) is 12.2. The second-order valence-corrected chi connectivity index (χ2v) is 6.45. The van der Waals surface area contributed by atoms with Crippen molar-refractivity contribution in [2.24, 2.45) is 0 Å². The smallest absolute Gasteiger partial charge is 0.234 e. The van der Waals surface area contributed by atoms with Gasteiger partial charge in [-0.25, -0.2) is 0 Å². The van der Waals surface area contributed by atoms with Crippen LogP contribution in [0.4, 0.5) is 11.4 Å². The topological polar surface area (TPSA) is 58.2 Å². The van der Waals surface area contributed by atoms with Crippen molar-refractivity contribution >= 4 is 58.2 Å². The highest BCUT2D eigenvalue weighted by Crippen LogP contribution is 2.33. The molecule has 0 aliphatic rings. The fourth-order valence-electron chi connectivity index (χ4n) is 1.80. The zero-order chi connectivity index (χ0) is 16.8. The highest BCUT2D eigenvalue weighted by Gasteiger charge is 2.09. The molecule has 0 aliphatic carbocycles. The Bertz CT molecular complexity index is 700. The van der Waals surface area contributed by atoms with Gasteiger partial charge in [0.05, 0.1) is 15.8 Å². The monoisotopic (exact) mass is 368 g/mol. The Morgan fingerprint density at radius 2 is 1.48 bits per heavy atom. The van der Waals surface area contributed by atoms with Crippen molar-refractivity contribution in [3.8, 4) is 0 Å². The molecule has 0 saturated carbocycles. The fraction of sp³-hybridized carbons (Fsp3) is 0.125. The molecule has 0 aliphatic heterocycles. The van der Waals surface area contributed by atoms with E-state index in [1.54, 1.807) is 42.5 Å². The predicted molar refractivity (Wildman–Crippen MR) is 96.6 cm³/mol. The van der Waals surface area contributed by atoms with E-state index in [4.69, 9.17) is 23.2 Å². The van der Waals surface area contributed by atoms with Gasteiger partial charge in [0.2, 0.25) is 11.8 Å². The molecule has 0 bridgehead atoms. The van der Waals surface area contributed by atoms with E-state index in [0.29, 0.717) is 26.3 Å². The third-order valence-electron chi connectivity index (χ3n) is 2.76. The summed E-state index contributed by atoms with van der Waals surface area (Å²) >= 11 is 13.4. The van der Waals surface area contributed by atoms with E-state index in [1.165, 1.54) is 18.7 Å². The quantitative estimate of drug-likeness (QED) is 0.753. The molecule has 0 unspecified atom stereocenters. The van der Waals surface area contributed by atoms with Crippen molar-refractivity contribution in [3.05, 3.63) is 52.5 Å². The maximum atomic E-state index is 12.0. The van der Waals surface area contributed by atoms with Gasteiger partial charge >= 0.3 is 0 Å². The van der Waals surface area contributed by atoms with E-state index in [-0.39, 0.29) is 17.6 Å². The number of thioether (sulfide) groups is 1. The van der Waals surface area contributed by atoms with Crippen LogP contribution < -0.4 is 10.6 Å². The maximum Gasteiger partial charge on any atom is 0.234 e. The van der Waals surface area contributed by atoms with Gasteiger partial charge in [0.15, 0.2) is 0 Å². The molecule has 7 heteroatoms. The van der Waals surface area contributed by atoms with E-state index in [9.17, 15) is 9.59 Å². The number of hydrogen-bond acceptors (Lipinski definition) is 3. The molecule has 0 radical (unpaired) electrons. The standard InChI is InChI=1S/C16H14Cl2N2O2S/c1-10(21)19-11-5-7-12(8-6-11)20-15(22)9-23-16-13(17)3-2-4-14(16)18/h2-8H,9H2,1H3,(H,19,21)(H,20,22). The first-order valence-electron chi connectivity index (χ1n) is 6.70. The second kappa shape index (κ2) is 8.24. The molecule has 0 saturated heterocycles. The Morgan fingerprint density at radius 3 is 2.00 bits per heavy atom. The van der Waals surface area contributed by atoms with Crippen molar-refractivity contribution in [2.45, 2.75) is 11.8 Å². The lowest BCUT2D eigenvalue weighted by molar-refractivity contribution is -0.114. The molecular formula is C16H14Cl2N2O2S. The molecular weight excluding hydrogens is 355 g/mol. The van der Waals surface area contributed by atoms with Gasteiger partial charge in [-0.1, -0.05) is 29.3 Å². The molecule has 2 aromatic rings. The molecule has 2 aromatic carbocycles. The van der Waals surface area contributed by atoms with Crippen molar-refractivity contribution in [1.82, 2.24) is 0 Å². The summed E-state index contributed by atoms with van der Waals surface area (Å²) in [5.74, 6) is -0.121. The third-order valence-corrected chi connectivity index (χ3v) is 4.74. The van der Waals surface area contributed by atoms with Gasteiger partial charge in [0.1, 0.15) is 0 Å². The van der Waals surface area contributed by atoms with Gasteiger partial charge < -0.3 is 10.6 Å². The molecule has 2 amide bonds. The molecule has 4 nitrogen and oxygen atoms in total. The van der Waals surface area contributed by atoms with E-state index in [2.05, 4.69) is 10.6 Å². The van der Waals surface area contributed by atoms with Crippen LogP contribution in [-0.4, -0.2) is 17.6 Å². The molecule has 2 N–H and O–H groups in total. The van der Waals surface area contributed by atoms with Crippen LogP contribution in [0.15, 0.2) is 47.4 Å². The average molecular weight is 369 g/mol. The molecule has 23 heavy (non-hydrogen) atoms. The average Bonchev–Trinajstić information content (AvgIpc) is 2.48. The number of rotatable bonds is 5. The minimum absolute atomic E-state index is 0.144. The van der Waals surface area contributed by atoms with Crippen LogP contribution >= 0.6 is 35.0 Å². The summed E-state index contributed by atoms with van der Waals surface area (Å²) in [5, 5.41) is 6.48. The van der Waals surface area contributed by atoms with E-state index in [1.807, 2.05) is 0 Å². The number of amides is 2. The zero-order valence-corrected chi connectivity index (χ0v) is 14.6.